The predicted molar refractivity (Wildman–Crippen MR) is 229 cm³/mol. The number of ether oxygens (including phenoxy) is 1. The second kappa shape index (κ2) is 15.2. The maximum atomic E-state index is 15.4. The van der Waals surface area contributed by atoms with E-state index in [0.717, 1.165) is 66.3 Å². The van der Waals surface area contributed by atoms with Crippen molar-refractivity contribution < 1.29 is 14.3 Å². The number of amides is 2. The Morgan fingerprint density at radius 2 is 1.71 bits per heavy atom. The smallest absolute Gasteiger partial charge is 0.275 e. The van der Waals surface area contributed by atoms with Gasteiger partial charge in [0, 0.05) is 96.7 Å². The number of aryl methyl sites for hydroxylation is 5. The van der Waals surface area contributed by atoms with Crippen LogP contribution in [0, 0.1) is 27.7 Å². The molecule has 0 spiro atoms. The van der Waals surface area contributed by atoms with E-state index in [-0.39, 0.29) is 24.4 Å². The van der Waals surface area contributed by atoms with Crippen molar-refractivity contribution in [3.05, 3.63) is 105 Å². The van der Waals surface area contributed by atoms with Crippen LogP contribution in [-0.2, 0) is 24.8 Å². The molecule has 14 heteroatoms. The van der Waals surface area contributed by atoms with E-state index in [1.165, 1.54) is 0 Å². The first-order valence-corrected chi connectivity index (χ1v) is 20.0. The van der Waals surface area contributed by atoms with Gasteiger partial charge in [-0.1, -0.05) is 29.3 Å². The number of anilines is 1. The molecule has 2 amide bonds. The van der Waals surface area contributed by atoms with Crippen LogP contribution in [-0.4, -0.2) is 77.8 Å². The molecule has 7 aromatic rings. The van der Waals surface area contributed by atoms with Crippen LogP contribution in [0.5, 0.6) is 5.75 Å². The third kappa shape index (κ3) is 6.67. The van der Waals surface area contributed by atoms with E-state index in [9.17, 15) is 4.79 Å². The largest absolute Gasteiger partial charge is 0.494 e. The van der Waals surface area contributed by atoms with Gasteiger partial charge in [0.25, 0.3) is 5.91 Å². The Morgan fingerprint density at radius 3 is 2.38 bits per heavy atom. The summed E-state index contributed by atoms with van der Waals surface area (Å²) in [5.74, 6) is 1.01. The van der Waals surface area contributed by atoms with Crippen molar-refractivity contribution in [1.82, 2.24) is 38.8 Å². The Balaban J connectivity index is 1.28. The quantitative estimate of drug-likeness (QED) is 0.127. The van der Waals surface area contributed by atoms with E-state index in [1.54, 1.807) is 43.7 Å². The molecule has 1 aliphatic rings. The number of benzene rings is 2. The maximum Gasteiger partial charge on any atom is 0.275 e. The minimum atomic E-state index is -0.176. The van der Waals surface area contributed by atoms with Gasteiger partial charge < -0.3 is 23.7 Å². The fourth-order valence-corrected chi connectivity index (χ4v) is 8.64. The van der Waals surface area contributed by atoms with Crippen LogP contribution in [0.1, 0.15) is 58.0 Å². The van der Waals surface area contributed by atoms with Crippen LogP contribution < -0.4 is 9.64 Å². The number of pyridine rings is 1. The van der Waals surface area contributed by atoms with Crippen molar-refractivity contribution in [2.75, 3.05) is 32.1 Å². The van der Waals surface area contributed by atoms with Crippen molar-refractivity contribution in [3.63, 3.8) is 0 Å². The number of nitrogens with zero attached hydrogens (tertiary/aromatic N) is 9. The zero-order chi connectivity index (χ0) is 41.2. The minimum Gasteiger partial charge on any atom is -0.494 e. The number of halogens is 2. The summed E-state index contributed by atoms with van der Waals surface area (Å²) in [5.41, 5.74) is 9.93. The highest BCUT2D eigenvalue weighted by molar-refractivity contribution is 6.35. The summed E-state index contributed by atoms with van der Waals surface area (Å²) >= 11 is 13.6. The molecule has 0 bridgehead atoms. The molecule has 0 fully saturated rings. The lowest BCUT2D eigenvalue weighted by atomic mass is 9.98. The highest BCUT2D eigenvalue weighted by Crippen LogP contribution is 2.46. The molecule has 2 aromatic carbocycles. The lowest BCUT2D eigenvalue weighted by molar-refractivity contribution is -0.129. The van der Waals surface area contributed by atoms with Gasteiger partial charge in [-0.05, 0) is 94.5 Å². The van der Waals surface area contributed by atoms with Gasteiger partial charge in [-0.2, -0.15) is 5.10 Å². The second-order valence-electron chi connectivity index (χ2n) is 15.4. The highest BCUT2D eigenvalue weighted by atomic mass is 35.5. The van der Waals surface area contributed by atoms with E-state index in [2.05, 4.69) is 21.5 Å². The lowest BCUT2D eigenvalue weighted by Crippen LogP contribution is -2.42. The van der Waals surface area contributed by atoms with E-state index in [1.807, 2.05) is 85.4 Å². The lowest BCUT2D eigenvalue weighted by Gasteiger charge is -2.34. The topological polar surface area (TPSA) is 116 Å². The van der Waals surface area contributed by atoms with E-state index in [4.69, 9.17) is 38.0 Å². The molecule has 0 saturated carbocycles. The molecule has 0 aliphatic carbocycles. The fourth-order valence-electron chi connectivity index (χ4n) is 8.28. The van der Waals surface area contributed by atoms with E-state index in [0.29, 0.717) is 59.4 Å². The first-order valence-electron chi connectivity index (χ1n) is 19.3. The Kier molecular flexibility index (Phi) is 10.3. The Morgan fingerprint density at radius 1 is 0.983 bits per heavy atom. The zero-order valence-corrected chi connectivity index (χ0v) is 35.4. The number of hydrogen-bond donors (Lipinski definition) is 0. The summed E-state index contributed by atoms with van der Waals surface area (Å²) in [6.07, 6.45) is 8.15. The van der Waals surface area contributed by atoms with E-state index >= 15 is 4.79 Å². The molecule has 298 valence electrons. The molecule has 8 rings (SSSR count). The van der Waals surface area contributed by atoms with Crippen molar-refractivity contribution in [1.29, 1.82) is 0 Å². The van der Waals surface area contributed by atoms with Crippen molar-refractivity contribution in [3.8, 4) is 28.3 Å². The number of carbonyl (C=O) groups is 2. The molecule has 5 aromatic heterocycles. The van der Waals surface area contributed by atoms with Gasteiger partial charge in [0.1, 0.15) is 23.6 Å². The van der Waals surface area contributed by atoms with Gasteiger partial charge in [-0.3, -0.25) is 14.3 Å². The average molecular weight is 819 g/mol. The van der Waals surface area contributed by atoms with Gasteiger partial charge in [0.15, 0.2) is 5.82 Å². The molecule has 0 unspecified atom stereocenters. The van der Waals surface area contributed by atoms with Crippen LogP contribution >= 0.6 is 23.2 Å². The SMILES string of the molecule is Cc1cc(OCCCc2c3n(c4c(-c5c(C)nn(C)c5C)c(Cl)ccc24)[C@H](C)CN(c2cn(CC(=O)N(C)C)c4ncc(-c5ncccn5)cc24)C3=O)cc(C)c1Cl. The second-order valence-corrected chi connectivity index (χ2v) is 16.2. The first-order chi connectivity index (χ1) is 27.7. The van der Waals surface area contributed by atoms with Gasteiger partial charge >= 0.3 is 0 Å². The van der Waals surface area contributed by atoms with Crippen LogP contribution in [0.3, 0.4) is 0 Å². The predicted octanol–water partition coefficient (Wildman–Crippen LogP) is 8.71. The number of fused-ring (bicyclic) bond motifs is 4. The maximum absolute atomic E-state index is 15.4. The summed E-state index contributed by atoms with van der Waals surface area (Å²) in [6.45, 7) is 11.0. The number of carbonyl (C=O) groups excluding carboxylic acids is 2. The van der Waals surface area contributed by atoms with Gasteiger partial charge in [-0.25, -0.2) is 15.0 Å². The third-order valence-electron chi connectivity index (χ3n) is 11.2. The van der Waals surface area contributed by atoms with Crippen LogP contribution in [0.15, 0.2) is 61.2 Å². The van der Waals surface area contributed by atoms with Gasteiger partial charge in [0.05, 0.1) is 28.5 Å². The van der Waals surface area contributed by atoms with Crippen molar-refractivity contribution >= 4 is 62.6 Å². The highest BCUT2D eigenvalue weighted by Gasteiger charge is 2.38. The molecule has 12 nitrogen and oxygen atoms in total. The summed E-state index contributed by atoms with van der Waals surface area (Å²) in [6, 6.07) is 11.4. The number of likely N-dealkylation sites (N-methyl/N-ethyl adjacent to an activating group) is 1. The van der Waals surface area contributed by atoms with Gasteiger partial charge in [-0.15, -0.1) is 0 Å². The van der Waals surface area contributed by atoms with Crippen LogP contribution in [0.25, 0.3) is 44.5 Å². The third-order valence-corrected chi connectivity index (χ3v) is 12.1. The molecule has 0 N–H and O–H groups in total. The fraction of sp³-hybridized carbons (Fsp3) is 0.318. The normalized spacial score (nSPS) is 14.1. The molecular weight excluding hydrogens is 773 g/mol. The molecule has 0 saturated heterocycles. The standard InChI is InChI=1S/C44H45Cl2N9O3/c1-24-17-30(18-25(2)39(24)46)58-16-9-11-31-32-12-13-34(45)38(37-27(4)50-52(8)28(37)5)40(32)55-26(3)21-54(44(57)41(31)55)35-22-53(23-36(56)51(6)7)43-33(35)19-29(20-49-43)42-47-14-10-15-48-42/h10,12-15,17-20,22,26H,9,11,16,21,23H2,1-8H3/t26-/m1/s1. The van der Waals surface area contributed by atoms with Crippen molar-refractivity contribution in [2.45, 2.75) is 60.0 Å². The molecule has 1 atom stereocenters. The molecule has 6 heterocycles. The summed E-state index contributed by atoms with van der Waals surface area (Å²) in [4.78, 5) is 45.6. The van der Waals surface area contributed by atoms with Crippen molar-refractivity contribution in [2.24, 2.45) is 7.05 Å². The molecule has 58 heavy (non-hydrogen) atoms. The minimum absolute atomic E-state index is 0.0547. The van der Waals surface area contributed by atoms with Crippen LogP contribution in [0.4, 0.5) is 5.69 Å². The zero-order valence-electron chi connectivity index (χ0n) is 33.9. The first kappa shape index (κ1) is 39.1. The Hall–Kier alpha value is -5.72. The Bertz CT molecular complexity index is 2750. The summed E-state index contributed by atoms with van der Waals surface area (Å²) in [7, 11) is 5.38. The number of hydrogen-bond acceptors (Lipinski definition) is 7. The monoisotopic (exact) mass is 817 g/mol. The molecular formula is C44H45Cl2N9O3. The van der Waals surface area contributed by atoms with Gasteiger partial charge in [0.2, 0.25) is 5.91 Å². The summed E-state index contributed by atoms with van der Waals surface area (Å²) < 4.78 is 12.1. The molecule has 1 aliphatic heterocycles. The molecule has 0 radical (unpaired) electrons. The average Bonchev–Trinajstić information content (AvgIpc) is 3.81. The van der Waals surface area contributed by atoms with E-state index < -0.39 is 0 Å². The summed E-state index contributed by atoms with van der Waals surface area (Å²) in [5, 5.41) is 7.75. The Labute approximate surface area is 347 Å². The van der Waals surface area contributed by atoms with Crippen LogP contribution in [0.2, 0.25) is 10.0 Å². The number of aromatic nitrogens is 7. The number of rotatable bonds is 10.